The first-order valence-electron chi connectivity index (χ1n) is 7.88. The second kappa shape index (κ2) is 6.29. The minimum Gasteiger partial charge on any atom is -0.321 e. The van der Waals surface area contributed by atoms with Gasteiger partial charge in [0, 0.05) is 18.5 Å². The van der Waals surface area contributed by atoms with Gasteiger partial charge in [-0.2, -0.15) is 4.98 Å². The lowest BCUT2D eigenvalue weighted by Gasteiger charge is -2.22. The molecule has 0 N–H and O–H groups in total. The molecule has 112 valence electrons. The highest BCUT2D eigenvalue weighted by Gasteiger charge is 2.28. The Bertz CT molecular complexity index is 564. The van der Waals surface area contributed by atoms with E-state index < -0.39 is 0 Å². The molecule has 1 aromatic carbocycles. The molecule has 0 amide bonds. The van der Waals surface area contributed by atoms with Crippen molar-refractivity contribution in [3.63, 3.8) is 0 Å². The number of hydrogen-bond donors (Lipinski definition) is 0. The van der Waals surface area contributed by atoms with Crippen LogP contribution in [0.2, 0.25) is 0 Å². The molecule has 1 unspecified atom stereocenters. The summed E-state index contributed by atoms with van der Waals surface area (Å²) < 4.78 is 5.46. The standard InChI is InChI=1S/C17H23N3O/c1-13(2)16-18-17(21-19-16)20-12-6-9-15(20)11-10-14-7-4-3-5-8-14/h3-5,7-8,13,15H,6,9-12H2,1-2H3. The molecule has 4 heteroatoms. The number of aryl methyl sites for hydroxylation is 1. The Balaban J connectivity index is 1.64. The number of rotatable bonds is 5. The van der Waals surface area contributed by atoms with Crippen molar-refractivity contribution in [2.24, 2.45) is 0 Å². The molecule has 0 radical (unpaired) electrons. The summed E-state index contributed by atoms with van der Waals surface area (Å²) in [6, 6.07) is 11.9. The molecule has 2 aromatic rings. The maximum atomic E-state index is 5.46. The van der Waals surface area contributed by atoms with E-state index in [4.69, 9.17) is 4.52 Å². The van der Waals surface area contributed by atoms with Gasteiger partial charge in [-0.3, -0.25) is 0 Å². The van der Waals surface area contributed by atoms with Gasteiger partial charge in [-0.15, -0.1) is 0 Å². The normalized spacial score (nSPS) is 18.6. The SMILES string of the molecule is CC(C)c1noc(N2CCCC2CCc2ccccc2)n1. The molecular weight excluding hydrogens is 262 g/mol. The molecule has 2 heterocycles. The maximum absolute atomic E-state index is 5.46. The lowest BCUT2D eigenvalue weighted by molar-refractivity contribution is 0.398. The highest BCUT2D eigenvalue weighted by molar-refractivity contribution is 5.30. The number of benzene rings is 1. The van der Waals surface area contributed by atoms with Gasteiger partial charge in [-0.1, -0.05) is 49.3 Å². The average Bonchev–Trinajstić information content (AvgIpc) is 3.15. The van der Waals surface area contributed by atoms with E-state index in [-0.39, 0.29) is 0 Å². The Labute approximate surface area is 126 Å². The van der Waals surface area contributed by atoms with Crippen molar-refractivity contribution in [2.45, 2.75) is 51.5 Å². The van der Waals surface area contributed by atoms with Crippen molar-refractivity contribution in [2.75, 3.05) is 11.4 Å². The van der Waals surface area contributed by atoms with Crippen molar-refractivity contribution < 1.29 is 4.52 Å². The fourth-order valence-corrected chi connectivity index (χ4v) is 2.94. The first kappa shape index (κ1) is 14.1. The van der Waals surface area contributed by atoms with Crippen molar-refractivity contribution >= 4 is 6.01 Å². The molecule has 1 fully saturated rings. The fraction of sp³-hybridized carbons (Fsp3) is 0.529. The second-order valence-corrected chi connectivity index (χ2v) is 6.10. The quantitative estimate of drug-likeness (QED) is 0.838. The predicted molar refractivity (Wildman–Crippen MR) is 83.5 cm³/mol. The lowest BCUT2D eigenvalue weighted by Crippen LogP contribution is -2.29. The van der Waals surface area contributed by atoms with Gasteiger partial charge in [0.05, 0.1) is 0 Å². The van der Waals surface area contributed by atoms with Gasteiger partial charge in [0.2, 0.25) is 0 Å². The third kappa shape index (κ3) is 3.26. The van der Waals surface area contributed by atoms with Crippen LogP contribution in [0.4, 0.5) is 6.01 Å². The molecule has 0 spiro atoms. The molecule has 1 aliphatic rings. The van der Waals surface area contributed by atoms with Crippen LogP contribution in [0.15, 0.2) is 34.9 Å². The second-order valence-electron chi connectivity index (χ2n) is 6.10. The van der Waals surface area contributed by atoms with Crippen LogP contribution >= 0.6 is 0 Å². The Morgan fingerprint density at radius 3 is 2.81 bits per heavy atom. The van der Waals surface area contributed by atoms with Crippen molar-refractivity contribution in [1.29, 1.82) is 0 Å². The zero-order valence-electron chi connectivity index (χ0n) is 12.8. The average molecular weight is 285 g/mol. The number of hydrogen-bond acceptors (Lipinski definition) is 4. The molecule has 3 rings (SSSR count). The van der Waals surface area contributed by atoms with E-state index in [1.165, 1.54) is 18.4 Å². The minimum absolute atomic E-state index is 0.313. The molecule has 1 saturated heterocycles. The van der Waals surface area contributed by atoms with Gasteiger partial charge in [-0.05, 0) is 31.2 Å². The molecule has 0 aliphatic carbocycles. The zero-order chi connectivity index (χ0) is 14.7. The molecule has 1 aromatic heterocycles. The van der Waals surface area contributed by atoms with Crippen LogP contribution in [0.1, 0.15) is 50.4 Å². The van der Waals surface area contributed by atoms with Gasteiger partial charge in [0.1, 0.15) is 0 Å². The topological polar surface area (TPSA) is 42.2 Å². The summed E-state index contributed by atoms with van der Waals surface area (Å²) in [6.45, 7) is 5.20. The van der Waals surface area contributed by atoms with Crippen LogP contribution in [-0.4, -0.2) is 22.7 Å². The molecule has 0 bridgehead atoms. The summed E-state index contributed by atoms with van der Waals surface area (Å²) in [5.41, 5.74) is 1.40. The van der Waals surface area contributed by atoms with Gasteiger partial charge in [-0.25, -0.2) is 0 Å². The van der Waals surface area contributed by atoms with Crippen LogP contribution in [0.3, 0.4) is 0 Å². The summed E-state index contributed by atoms with van der Waals surface area (Å²) in [4.78, 5) is 6.84. The maximum Gasteiger partial charge on any atom is 0.324 e. The molecule has 1 atom stereocenters. The van der Waals surface area contributed by atoms with Gasteiger partial charge in [0.25, 0.3) is 0 Å². The fourth-order valence-electron chi connectivity index (χ4n) is 2.94. The highest BCUT2D eigenvalue weighted by Crippen LogP contribution is 2.27. The van der Waals surface area contributed by atoms with Crippen LogP contribution in [0.5, 0.6) is 0 Å². The van der Waals surface area contributed by atoms with Crippen molar-refractivity contribution in [1.82, 2.24) is 10.1 Å². The molecule has 0 saturated carbocycles. The highest BCUT2D eigenvalue weighted by atomic mass is 16.5. The Morgan fingerprint density at radius 1 is 1.29 bits per heavy atom. The van der Waals surface area contributed by atoms with E-state index in [0.717, 1.165) is 25.2 Å². The lowest BCUT2D eigenvalue weighted by atomic mass is 10.0. The largest absolute Gasteiger partial charge is 0.324 e. The summed E-state index contributed by atoms with van der Waals surface area (Å²) in [5.74, 6) is 1.12. The van der Waals surface area contributed by atoms with Gasteiger partial charge >= 0.3 is 6.01 Å². The Morgan fingerprint density at radius 2 is 2.10 bits per heavy atom. The first-order valence-corrected chi connectivity index (χ1v) is 7.88. The summed E-state index contributed by atoms with van der Waals surface area (Å²) in [7, 11) is 0. The van der Waals surface area contributed by atoms with Gasteiger partial charge in [0.15, 0.2) is 5.82 Å². The van der Waals surface area contributed by atoms with Crippen LogP contribution < -0.4 is 4.90 Å². The molecular formula is C17H23N3O. The molecule has 4 nitrogen and oxygen atoms in total. The summed E-state index contributed by atoms with van der Waals surface area (Å²) in [6.07, 6.45) is 4.67. The van der Waals surface area contributed by atoms with E-state index in [1.54, 1.807) is 0 Å². The predicted octanol–water partition coefficient (Wildman–Crippen LogP) is 3.79. The van der Waals surface area contributed by atoms with Crippen LogP contribution in [0, 0.1) is 0 Å². The third-order valence-corrected chi connectivity index (χ3v) is 4.18. The number of nitrogens with zero attached hydrogens (tertiary/aromatic N) is 3. The van der Waals surface area contributed by atoms with Crippen molar-refractivity contribution in [3.05, 3.63) is 41.7 Å². The monoisotopic (exact) mass is 285 g/mol. The minimum atomic E-state index is 0.313. The summed E-state index contributed by atoms with van der Waals surface area (Å²) >= 11 is 0. The van der Waals surface area contributed by atoms with E-state index in [0.29, 0.717) is 18.0 Å². The molecule has 1 aliphatic heterocycles. The first-order chi connectivity index (χ1) is 10.2. The Kier molecular flexibility index (Phi) is 4.23. The number of anilines is 1. The summed E-state index contributed by atoms with van der Waals surface area (Å²) in [5, 5.41) is 4.09. The Hall–Kier alpha value is -1.84. The molecule has 21 heavy (non-hydrogen) atoms. The van der Waals surface area contributed by atoms with Crippen LogP contribution in [0.25, 0.3) is 0 Å². The van der Waals surface area contributed by atoms with E-state index >= 15 is 0 Å². The smallest absolute Gasteiger partial charge is 0.321 e. The zero-order valence-corrected chi connectivity index (χ0v) is 12.8. The number of aromatic nitrogens is 2. The van der Waals surface area contributed by atoms with E-state index in [2.05, 4.69) is 59.2 Å². The van der Waals surface area contributed by atoms with E-state index in [9.17, 15) is 0 Å². The van der Waals surface area contributed by atoms with E-state index in [1.807, 2.05) is 0 Å². The third-order valence-electron chi connectivity index (χ3n) is 4.18. The van der Waals surface area contributed by atoms with Crippen LogP contribution in [-0.2, 0) is 6.42 Å². The van der Waals surface area contributed by atoms with Gasteiger partial charge < -0.3 is 9.42 Å². The van der Waals surface area contributed by atoms with Crippen molar-refractivity contribution in [3.8, 4) is 0 Å².